The van der Waals surface area contributed by atoms with Crippen LogP contribution in [-0.2, 0) is 6.54 Å². The molecule has 0 saturated carbocycles. The van der Waals surface area contributed by atoms with Crippen LogP contribution in [0.1, 0.15) is 44.7 Å². The fourth-order valence-electron chi connectivity index (χ4n) is 3.96. The number of anilines is 1. The number of carbonyl (C=O) groups is 2. The van der Waals surface area contributed by atoms with Gasteiger partial charge in [0.05, 0.1) is 5.56 Å². The Labute approximate surface area is 188 Å². The number of aromatic nitrogens is 1. The van der Waals surface area contributed by atoms with Crippen LogP contribution >= 0.6 is 0 Å². The van der Waals surface area contributed by atoms with Gasteiger partial charge in [0.1, 0.15) is 0 Å². The molecule has 1 saturated heterocycles. The highest BCUT2D eigenvalue weighted by Gasteiger charge is 2.24. The first-order valence-electron chi connectivity index (χ1n) is 11.0. The molecule has 0 aliphatic carbocycles. The highest BCUT2D eigenvalue weighted by molar-refractivity contribution is 5.99. The summed E-state index contributed by atoms with van der Waals surface area (Å²) in [4.78, 5) is 31.7. The first kappa shape index (κ1) is 21.6. The van der Waals surface area contributed by atoms with Crippen molar-refractivity contribution in [1.82, 2.24) is 15.6 Å². The predicted octanol–water partition coefficient (Wildman–Crippen LogP) is 3.72. The van der Waals surface area contributed by atoms with Crippen LogP contribution in [0.2, 0.25) is 0 Å². The average molecular weight is 429 g/mol. The van der Waals surface area contributed by atoms with Crippen LogP contribution < -0.4 is 15.5 Å². The molecule has 2 heterocycles. The summed E-state index contributed by atoms with van der Waals surface area (Å²) in [7, 11) is 0. The van der Waals surface area contributed by atoms with E-state index in [2.05, 4.69) is 20.5 Å². The van der Waals surface area contributed by atoms with Crippen LogP contribution in [0.15, 0.2) is 73.1 Å². The van der Waals surface area contributed by atoms with Crippen LogP contribution in [0.5, 0.6) is 0 Å². The standard InChI is InChI=1S/C26H28N4O2/c1-19-8-10-21(11-9-19)25(31)29-22-12-15-30(16-13-22)24-7-3-2-6-23(24)26(32)28-18-20-5-4-14-27-17-20/h2-11,14,17,22H,12-13,15-16,18H2,1H3,(H,28,32)(H,29,31). The first-order chi connectivity index (χ1) is 15.6. The highest BCUT2D eigenvalue weighted by Crippen LogP contribution is 2.24. The molecule has 164 valence electrons. The molecule has 1 aromatic heterocycles. The molecule has 2 N–H and O–H groups in total. The number of pyridine rings is 1. The zero-order chi connectivity index (χ0) is 22.3. The number of para-hydroxylation sites is 1. The van der Waals surface area contributed by atoms with Gasteiger partial charge in [0.15, 0.2) is 0 Å². The normalized spacial score (nSPS) is 14.1. The third kappa shape index (κ3) is 5.32. The number of aryl methyl sites for hydroxylation is 1. The topological polar surface area (TPSA) is 74.3 Å². The largest absolute Gasteiger partial charge is 0.371 e. The number of nitrogens with zero attached hydrogens (tertiary/aromatic N) is 2. The van der Waals surface area contributed by atoms with E-state index in [0.717, 1.165) is 42.7 Å². The van der Waals surface area contributed by atoms with Crippen molar-refractivity contribution in [2.45, 2.75) is 32.4 Å². The van der Waals surface area contributed by atoms with Gasteiger partial charge >= 0.3 is 0 Å². The molecule has 0 spiro atoms. The molecule has 32 heavy (non-hydrogen) atoms. The zero-order valence-electron chi connectivity index (χ0n) is 18.3. The van der Waals surface area contributed by atoms with Gasteiger partial charge in [0.25, 0.3) is 11.8 Å². The molecule has 4 rings (SSSR count). The molecule has 1 aliphatic heterocycles. The second-order valence-corrected chi connectivity index (χ2v) is 8.16. The van der Waals surface area contributed by atoms with E-state index < -0.39 is 0 Å². The smallest absolute Gasteiger partial charge is 0.253 e. The van der Waals surface area contributed by atoms with E-state index >= 15 is 0 Å². The number of amides is 2. The van der Waals surface area contributed by atoms with Crippen molar-refractivity contribution in [2.24, 2.45) is 0 Å². The molecule has 0 radical (unpaired) electrons. The van der Waals surface area contributed by atoms with Crippen molar-refractivity contribution < 1.29 is 9.59 Å². The Kier molecular flexibility index (Phi) is 6.80. The maximum absolute atomic E-state index is 12.9. The lowest BCUT2D eigenvalue weighted by Gasteiger charge is -2.35. The van der Waals surface area contributed by atoms with Crippen molar-refractivity contribution in [1.29, 1.82) is 0 Å². The molecule has 0 bridgehead atoms. The minimum Gasteiger partial charge on any atom is -0.371 e. The molecule has 1 fully saturated rings. The predicted molar refractivity (Wildman–Crippen MR) is 126 cm³/mol. The van der Waals surface area contributed by atoms with E-state index in [0.29, 0.717) is 17.7 Å². The lowest BCUT2D eigenvalue weighted by Crippen LogP contribution is -2.45. The maximum Gasteiger partial charge on any atom is 0.253 e. The summed E-state index contributed by atoms with van der Waals surface area (Å²) < 4.78 is 0. The van der Waals surface area contributed by atoms with Crippen LogP contribution in [0.3, 0.4) is 0 Å². The van der Waals surface area contributed by atoms with E-state index in [1.54, 1.807) is 12.4 Å². The number of piperidine rings is 1. The fraction of sp³-hybridized carbons (Fsp3) is 0.269. The molecule has 6 nitrogen and oxygen atoms in total. The Hall–Kier alpha value is -3.67. The molecule has 3 aromatic rings. The van der Waals surface area contributed by atoms with Gasteiger partial charge in [-0.2, -0.15) is 0 Å². The number of carbonyl (C=O) groups excluding carboxylic acids is 2. The van der Waals surface area contributed by atoms with Gasteiger partial charge in [-0.3, -0.25) is 14.6 Å². The van der Waals surface area contributed by atoms with Gasteiger partial charge in [-0.05, 0) is 55.7 Å². The van der Waals surface area contributed by atoms with Crippen molar-refractivity contribution in [3.8, 4) is 0 Å². The van der Waals surface area contributed by atoms with E-state index in [1.165, 1.54) is 0 Å². The zero-order valence-corrected chi connectivity index (χ0v) is 18.3. The summed E-state index contributed by atoms with van der Waals surface area (Å²) in [6, 6.07) is 19.2. The number of hydrogen-bond acceptors (Lipinski definition) is 4. The molecule has 0 unspecified atom stereocenters. The summed E-state index contributed by atoms with van der Waals surface area (Å²) in [6.07, 6.45) is 5.14. The van der Waals surface area contributed by atoms with E-state index in [-0.39, 0.29) is 17.9 Å². The van der Waals surface area contributed by atoms with E-state index in [4.69, 9.17) is 0 Å². The minimum absolute atomic E-state index is 0.0290. The number of nitrogens with one attached hydrogen (secondary N) is 2. The van der Waals surface area contributed by atoms with Gasteiger partial charge < -0.3 is 15.5 Å². The monoisotopic (exact) mass is 428 g/mol. The van der Waals surface area contributed by atoms with Gasteiger partial charge in [-0.15, -0.1) is 0 Å². The molecule has 6 heteroatoms. The van der Waals surface area contributed by atoms with Crippen LogP contribution in [0, 0.1) is 6.92 Å². The van der Waals surface area contributed by atoms with E-state index in [1.807, 2.05) is 67.6 Å². The number of hydrogen-bond donors (Lipinski definition) is 2. The first-order valence-corrected chi connectivity index (χ1v) is 11.0. The Morgan fingerprint density at radius 1 is 0.969 bits per heavy atom. The third-order valence-corrected chi connectivity index (χ3v) is 5.81. The Morgan fingerprint density at radius 2 is 1.72 bits per heavy atom. The summed E-state index contributed by atoms with van der Waals surface area (Å²) in [6.45, 7) is 4.01. The van der Waals surface area contributed by atoms with Crippen LogP contribution in [0.4, 0.5) is 5.69 Å². The second kappa shape index (κ2) is 10.1. The lowest BCUT2D eigenvalue weighted by atomic mass is 10.0. The average Bonchev–Trinajstić information content (AvgIpc) is 2.84. The van der Waals surface area contributed by atoms with Crippen molar-refractivity contribution in [3.63, 3.8) is 0 Å². The highest BCUT2D eigenvalue weighted by atomic mass is 16.2. The SMILES string of the molecule is Cc1ccc(C(=O)NC2CCN(c3ccccc3C(=O)NCc3cccnc3)CC2)cc1. The van der Waals surface area contributed by atoms with Gasteiger partial charge in [0.2, 0.25) is 0 Å². The summed E-state index contributed by atoms with van der Waals surface area (Å²) in [5, 5.41) is 6.14. The van der Waals surface area contributed by atoms with Crippen LogP contribution in [0.25, 0.3) is 0 Å². The Morgan fingerprint density at radius 3 is 2.44 bits per heavy atom. The molecular formula is C26H28N4O2. The van der Waals surface area contributed by atoms with E-state index in [9.17, 15) is 9.59 Å². The Bertz CT molecular complexity index is 1060. The summed E-state index contributed by atoms with van der Waals surface area (Å²) >= 11 is 0. The maximum atomic E-state index is 12.9. The molecular weight excluding hydrogens is 400 g/mol. The Balaban J connectivity index is 1.35. The van der Waals surface area contributed by atoms with Crippen molar-refractivity contribution in [3.05, 3.63) is 95.3 Å². The van der Waals surface area contributed by atoms with Gasteiger partial charge in [-0.25, -0.2) is 0 Å². The summed E-state index contributed by atoms with van der Waals surface area (Å²) in [5.74, 6) is -0.127. The number of benzene rings is 2. The fourth-order valence-corrected chi connectivity index (χ4v) is 3.96. The lowest BCUT2D eigenvalue weighted by molar-refractivity contribution is 0.0929. The quantitative estimate of drug-likeness (QED) is 0.628. The van der Waals surface area contributed by atoms with Crippen molar-refractivity contribution in [2.75, 3.05) is 18.0 Å². The second-order valence-electron chi connectivity index (χ2n) is 8.16. The van der Waals surface area contributed by atoms with Gasteiger partial charge in [-0.1, -0.05) is 35.9 Å². The molecule has 2 aromatic carbocycles. The van der Waals surface area contributed by atoms with Crippen molar-refractivity contribution >= 4 is 17.5 Å². The van der Waals surface area contributed by atoms with Gasteiger partial charge in [0, 0.05) is 49.3 Å². The number of rotatable bonds is 6. The molecule has 0 atom stereocenters. The molecule has 1 aliphatic rings. The minimum atomic E-state index is -0.0979. The summed E-state index contributed by atoms with van der Waals surface area (Å²) in [5.41, 5.74) is 4.38. The van der Waals surface area contributed by atoms with Crippen LogP contribution in [-0.4, -0.2) is 35.9 Å². The third-order valence-electron chi connectivity index (χ3n) is 5.81. The molecule has 2 amide bonds.